The average Bonchev–Trinajstić information content (AvgIpc) is 2.91. The lowest BCUT2D eigenvalue weighted by Crippen LogP contribution is -2.32. The molecule has 1 aromatic rings. The summed E-state index contributed by atoms with van der Waals surface area (Å²) in [4.78, 5) is 23.0. The van der Waals surface area contributed by atoms with E-state index in [-0.39, 0.29) is 11.3 Å². The number of rotatable bonds is 3. The van der Waals surface area contributed by atoms with E-state index in [4.69, 9.17) is 5.11 Å². The van der Waals surface area contributed by atoms with Gasteiger partial charge in [-0.1, -0.05) is 12.8 Å². The zero-order chi connectivity index (χ0) is 14.8. The molecule has 104 valence electrons. The number of nitriles is 1. The Kier molecular flexibility index (Phi) is 3.70. The summed E-state index contributed by atoms with van der Waals surface area (Å²) in [5.74, 6) is -2.51. The molecule has 20 heavy (non-hydrogen) atoms. The standard InChI is InChI=1S/C14H13FN2O3/c15-10-4-3-9(12(18)19)7-11(10)17-13(20)14(8-16)5-1-2-6-14/h3-4,7H,1-2,5-6H2,(H,17,20)(H,18,19). The molecule has 0 saturated heterocycles. The van der Waals surface area contributed by atoms with Gasteiger partial charge in [-0.15, -0.1) is 0 Å². The number of hydrogen-bond acceptors (Lipinski definition) is 3. The first-order chi connectivity index (χ1) is 9.48. The predicted octanol–water partition coefficient (Wildman–Crippen LogP) is 2.55. The summed E-state index contributed by atoms with van der Waals surface area (Å²) in [7, 11) is 0. The Hall–Kier alpha value is -2.42. The minimum Gasteiger partial charge on any atom is -0.478 e. The maximum Gasteiger partial charge on any atom is 0.335 e. The number of nitrogens with one attached hydrogen (secondary N) is 1. The Labute approximate surface area is 115 Å². The van der Waals surface area contributed by atoms with Crippen LogP contribution in [0.15, 0.2) is 18.2 Å². The Morgan fingerprint density at radius 2 is 2.00 bits per heavy atom. The van der Waals surface area contributed by atoms with Gasteiger partial charge < -0.3 is 10.4 Å². The molecule has 0 unspecified atom stereocenters. The Morgan fingerprint density at radius 1 is 1.35 bits per heavy atom. The van der Waals surface area contributed by atoms with Crippen molar-refractivity contribution in [2.45, 2.75) is 25.7 Å². The topological polar surface area (TPSA) is 90.2 Å². The fraction of sp³-hybridized carbons (Fsp3) is 0.357. The van der Waals surface area contributed by atoms with Crippen LogP contribution in [0, 0.1) is 22.6 Å². The van der Waals surface area contributed by atoms with E-state index in [0.717, 1.165) is 31.0 Å². The third-order valence-electron chi connectivity index (χ3n) is 3.57. The Morgan fingerprint density at radius 3 is 2.55 bits per heavy atom. The fourth-order valence-electron chi connectivity index (χ4n) is 2.36. The molecule has 1 aliphatic carbocycles. The molecule has 5 nitrogen and oxygen atoms in total. The van der Waals surface area contributed by atoms with Crippen molar-refractivity contribution < 1.29 is 19.1 Å². The molecule has 0 bridgehead atoms. The minimum atomic E-state index is -1.21. The van der Waals surface area contributed by atoms with Gasteiger partial charge in [0, 0.05) is 0 Å². The average molecular weight is 276 g/mol. The largest absolute Gasteiger partial charge is 0.478 e. The van der Waals surface area contributed by atoms with Gasteiger partial charge in [0.05, 0.1) is 17.3 Å². The number of carboxylic acid groups (broad SMARTS) is 1. The second-order valence-corrected chi connectivity index (χ2v) is 4.85. The van der Waals surface area contributed by atoms with E-state index >= 15 is 0 Å². The summed E-state index contributed by atoms with van der Waals surface area (Å²) < 4.78 is 13.6. The number of nitrogens with zero attached hydrogens (tertiary/aromatic N) is 1. The highest BCUT2D eigenvalue weighted by atomic mass is 19.1. The number of carbonyl (C=O) groups is 2. The third-order valence-corrected chi connectivity index (χ3v) is 3.57. The van der Waals surface area contributed by atoms with E-state index in [1.807, 2.05) is 6.07 Å². The number of amides is 1. The normalized spacial score (nSPS) is 16.4. The number of aromatic carboxylic acids is 1. The molecule has 1 saturated carbocycles. The van der Waals surface area contributed by atoms with E-state index in [0.29, 0.717) is 12.8 Å². The second kappa shape index (κ2) is 5.29. The highest BCUT2D eigenvalue weighted by molar-refractivity contribution is 5.98. The van der Waals surface area contributed by atoms with Crippen molar-refractivity contribution in [3.8, 4) is 6.07 Å². The molecular weight excluding hydrogens is 263 g/mol. The smallest absolute Gasteiger partial charge is 0.335 e. The summed E-state index contributed by atoms with van der Waals surface area (Å²) in [6, 6.07) is 5.15. The van der Waals surface area contributed by atoms with Crippen LogP contribution in [0.5, 0.6) is 0 Å². The van der Waals surface area contributed by atoms with Gasteiger partial charge in [0.15, 0.2) is 0 Å². The SMILES string of the molecule is N#CC1(C(=O)Nc2cc(C(=O)O)ccc2F)CCCC1. The van der Waals surface area contributed by atoms with Crippen molar-refractivity contribution in [1.29, 1.82) is 5.26 Å². The molecular formula is C14H13FN2O3. The van der Waals surface area contributed by atoms with Crippen molar-refractivity contribution in [3.63, 3.8) is 0 Å². The van der Waals surface area contributed by atoms with Crippen LogP contribution in [0.25, 0.3) is 0 Å². The van der Waals surface area contributed by atoms with E-state index in [9.17, 15) is 19.2 Å². The monoisotopic (exact) mass is 276 g/mol. The van der Waals surface area contributed by atoms with Crippen LogP contribution >= 0.6 is 0 Å². The summed E-state index contributed by atoms with van der Waals surface area (Å²) in [6.07, 6.45) is 2.43. The lowest BCUT2D eigenvalue weighted by Gasteiger charge is -2.19. The van der Waals surface area contributed by atoms with Crippen molar-refractivity contribution in [2.24, 2.45) is 5.41 Å². The van der Waals surface area contributed by atoms with Crippen LogP contribution in [-0.2, 0) is 4.79 Å². The fourth-order valence-corrected chi connectivity index (χ4v) is 2.36. The van der Waals surface area contributed by atoms with Crippen LogP contribution in [0.1, 0.15) is 36.0 Å². The number of benzene rings is 1. The summed E-state index contributed by atoms with van der Waals surface area (Å²) in [5.41, 5.74) is -1.47. The van der Waals surface area contributed by atoms with Gasteiger partial charge in [-0.05, 0) is 31.0 Å². The first kappa shape index (κ1) is 14.0. The predicted molar refractivity (Wildman–Crippen MR) is 68.5 cm³/mol. The molecule has 2 N–H and O–H groups in total. The highest BCUT2D eigenvalue weighted by Crippen LogP contribution is 2.38. The molecule has 2 rings (SSSR count). The van der Waals surface area contributed by atoms with Crippen LogP contribution in [0.2, 0.25) is 0 Å². The third kappa shape index (κ3) is 2.48. The van der Waals surface area contributed by atoms with Gasteiger partial charge in [0.2, 0.25) is 5.91 Å². The first-order valence-electron chi connectivity index (χ1n) is 6.24. The zero-order valence-electron chi connectivity index (χ0n) is 10.6. The lowest BCUT2D eigenvalue weighted by molar-refractivity contribution is -0.122. The number of hydrogen-bond donors (Lipinski definition) is 2. The quantitative estimate of drug-likeness (QED) is 0.887. The van der Waals surface area contributed by atoms with E-state index < -0.39 is 23.1 Å². The van der Waals surface area contributed by atoms with Gasteiger partial charge in [-0.3, -0.25) is 4.79 Å². The molecule has 1 fully saturated rings. The summed E-state index contributed by atoms with van der Waals surface area (Å²) >= 11 is 0. The summed E-state index contributed by atoms with van der Waals surface area (Å²) in [5, 5.41) is 20.4. The second-order valence-electron chi connectivity index (χ2n) is 4.85. The van der Waals surface area contributed by atoms with Crippen molar-refractivity contribution in [2.75, 3.05) is 5.32 Å². The van der Waals surface area contributed by atoms with Crippen LogP contribution < -0.4 is 5.32 Å². The molecule has 1 aliphatic rings. The van der Waals surface area contributed by atoms with E-state index in [1.54, 1.807) is 0 Å². The van der Waals surface area contributed by atoms with Crippen molar-refractivity contribution in [3.05, 3.63) is 29.6 Å². The maximum absolute atomic E-state index is 13.6. The molecule has 0 radical (unpaired) electrons. The number of halogens is 1. The number of carboxylic acids is 1. The lowest BCUT2D eigenvalue weighted by atomic mass is 9.87. The number of anilines is 1. The molecule has 0 atom stereocenters. The van der Waals surface area contributed by atoms with E-state index in [1.165, 1.54) is 0 Å². The molecule has 0 heterocycles. The molecule has 6 heteroatoms. The Balaban J connectivity index is 2.26. The highest BCUT2D eigenvalue weighted by Gasteiger charge is 2.41. The van der Waals surface area contributed by atoms with Crippen molar-refractivity contribution in [1.82, 2.24) is 0 Å². The molecule has 0 spiro atoms. The zero-order valence-corrected chi connectivity index (χ0v) is 10.6. The van der Waals surface area contributed by atoms with Gasteiger partial charge in [0.25, 0.3) is 0 Å². The minimum absolute atomic E-state index is 0.126. The molecule has 0 aromatic heterocycles. The summed E-state index contributed by atoms with van der Waals surface area (Å²) in [6.45, 7) is 0. The Bertz CT molecular complexity index is 601. The maximum atomic E-state index is 13.6. The van der Waals surface area contributed by atoms with Crippen LogP contribution in [-0.4, -0.2) is 17.0 Å². The first-order valence-corrected chi connectivity index (χ1v) is 6.24. The van der Waals surface area contributed by atoms with Gasteiger partial charge >= 0.3 is 5.97 Å². The van der Waals surface area contributed by atoms with Crippen LogP contribution in [0.3, 0.4) is 0 Å². The molecule has 0 aliphatic heterocycles. The molecule has 1 aromatic carbocycles. The molecule has 1 amide bonds. The van der Waals surface area contributed by atoms with Gasteiger partial charge in [-0.25, -0.2) is 9.18 Å². The van der Waals surface area contributed by atoms with E-state index in [2.05, 4.69) is 5.32 Å². The van der Waals surface area contributed by atoms with Gasteiger partial charge in [0.1, 0.15) is 11.2 Å². The van der Waals surface area contributed by atoms with Gasteiger partial charge in [-0.2, -0.15) is 5.26 Å². The number of carbonyl (C=O) groups excluding carboxylic acids is 1. The van der Waals surface area contributed by atoms with Crippen LogP contribution in [0.4, 0.5) is 10.1 Å². The van der Waals surface area contributed by atoms with Crippen molar-refractivity contribution >= 4 is 17.6 Å².